The van der Waals surface area contributed by atoms with Crippen molar-refractivity contribution in [2.24, 2.45) is 5.41 Å². The number of rotatable bonds is 3. The van der Waals surface area contributed by atoms with Gasteiger partial charge in [-0.05, 0) is 37.8 Å². The Bertz CT molecular complexity index is 336. The van der Waals surface area contributed by atoms with Gasteiger partial charge in [0.2, 0.25) is 0 Å². The first-order chi connectivity index (χ1) is 6.87. The van der Waals surface area contributed by atoms with Gasteiger partial charge in [0.25, 0.3) is 0 Å². The Morgan fingerprint density at radius 2 is 2.00 bits per heavy atom. The van der Waals surface area contributed by atoms with Crippen LogP contribution in [-0.4, -0.2) is 0 Å². The number of hydrogen-bond donors (Lipinski definition) is 0. The third kappa shape index (κ3) is 4.87. The Morgan fingerprint density at radius 3 is 2.47 bits per heavy atom. The van der Waals surface area contributed by atoms with Crippen molar-refractivity contribution in [1.29, 1.82) is 0 Å². The maximum absolute atomic E-state index is 5.54. The predicted octanol–water partition coefficient (Wildman–Crippen LogP) is 4.51. The summed E-state index contributed by atoms with van der Waals surface area (Å²) in [5, 5.41) is 0. The van der Waals surface area contributed by atoms with Crippen LogP contribution in [0, 0.1) is 12.3 Å². The zero-order valence-electron chi connectivity index (χ0n) is 10.6. The quantitative estimate of drug-likeness (QED) is 0.663. The number of furan rings is 1. The smallest absolute Gasteiger partial charge is 0.104 e. The molecule has 1 heteroatoms. The zero-order valence-corrected chi connectivity index (χ0v) is 10.6. The van der Waals surface area contributed by atoms with Crippen molar-refractivity contribution >= 4 is 0 Å². The minimum Gasteiger partial charge on any atom is -0.466 e. The topological polar surface area (TPSA) is 13.1 Å². The molecule has 1 aromatic rings. The van der Waals surface area contributed by atoms with Crippen LogP contribution in [0.2, 0.25) is 0 Å². The first-order valence-corrected chi connectivity index (χ1v) is 5.60. The number of hydrogen-bond acceptors (Lipinski definition) is 1. The molecular weight excluding hydrogens is 184 g/mol. The molecule has 0 fully saturated rings. The lowest BCUT2D eigenvalue weighted by Crippen LogP contribution is -2.00. The fraction of sp³-hybridized carbons (Fsp3) is 0.571. The van der Waals surface area contributed by atoms with Gasteiger partial charge in [0.05, 0.1) is 0 Å². The molecule has 0 aliphatic carbocycles. The van der Waals surface area contributed by atoms with E-state index >= 15 is 0 Å². The summed E-state index contributed by atoms with van der Waals surface area (Å²) < 4.78 is 5.54. The second-order valence-corrected chi connectivity index (χ2v) is 5.37. The van der Waals surface area contributed by atoms with Crippen molar-refractivity contribution in [3.05, 3.63) is 35.3 Å². The van der Waals surface area contributed by atoms with Crippen LogP contribution in [0.3, 0.4) is 0 Å². The molecule has 0 radical (unpaired) electrons. The van der Waals surface area contributed by atoms with E-state index in [-0.39, 0.29) is 5.41 Å². The lowest BCUT2D eigenvalue weighted by atomic mass is 9.92. The van der Waals surface area contributed by atoms with Crippen LogP contribution in [0.4, 0.5) is 0 Å². The van der Waals surface area contributed by atoms with E-state index in [1.807, 2.05) is 13.0 Å². The summed E-state index contributed by atoms with van der Waals surface area (Å²) in [6.07, 6.45) is 4.43. The predicted molar refractivity (Wildman–Crippen MR) is 65.0 cm³/mol. The summed E-state index contributed by atoms with van der Waals surface area (Å²) in [4.78, 5) is 0. The number of aryl methyl sites for hydroxylation is 2. The fourth-order valence-corrected chi connectivity index (χ4v) is 1.75. The Morgan fingerprint density at radius 1 is 1.33 bits per heavy atom. The highest BCUT2D eigenvalue weighted by atomic mass is 16.3. The van der Waals surface area contributed by atoms with E-state index in [1.54, 1.807) is 0 Å². The lowest BCUT2D eigenvalue weighted by Gasteiger charge is -2.13. The molecule has 1 nitrogen and oxygen atoms in total. The number of allylic oxidation sites excluding steroid dienone is 2. The van der Waals surface area contributed by atoms with Crippen molar-refractivity contribution in [2.75, 3.05) is 0 Å². The standard InChI is InChI=1S/C14H22O/c1-11(10-14(3,4)5)6-8-13-9-7-12(2)15-13/h7,9-10H,6,8H2,1-5H3/b11-10+. The molecule has 0 bridgehead atoms. The highest BCUT2D eigenvalue weighted by Crippen LogP contribution is 2.20. The monoisotopic (exact) mass is 206 g/mol. The van der Waals surface area contributed by atoms with Gasteiger partial charge < -0.3 is 4.42 Å². The van der Waals surface area contributed by atoms with E-state index in [4.69, 9.17) is 4.42 Å². The summed E-state index contributed by atoms with van der Waals surface area (Å²) >= 11 is 0. The molecule has 84 valence electrons. The van der Waals surface area contributed by atoms with Crippen LogP contribution >= 0.6 is 0 Å². The Hall–Kier alpha value is -0.980. The van der Waals surface area contributed by atoms with Gasteiger partial charge in [-0.3, -0.25) is 0 Å². The van der Waals surface area contributed by atoms with E-state index in [2.05, 4.69) is 39.8 Å². The van der Waals surface area contributed by atoms with Crippen LogP contribution in [0.15, 0.2) is 28.2 Å². The molecule has 0 aliphatic heterocycles. The molecule has 0 atom stereocenters. The SMILES string of the molecule is C/C(=C\C(C)(C)C)CCc1ccc(C)o1. The van der Waals surface area contributed by atoms with Gasteiger partial charge in [-0.25, -0.2) is 0 Å². The van der Waals surface area contributed by atoms with E-state index in [9.17, 15) is 0 Å². The van der Waals surface area contributed by atoms with Crippen LogP contribution < -0.4 is 0 Å². The zero-order chi connectivity index (χ0) is 11.5. The van der Waals surface area contributed by atoms with E-state index in [1.165, 1.54) is 5.57 Å². The van der Waals surface area contributed by atoms with Gasteiger partial charge in [-0.1, -0.05) is 32.4 Å². The van der Waals surface area contributed by atoms with Gasteiger partial charge >= 0.3 is 0 Å². The maximum atomic E-state index is 5.54. The van der Waals surface area contributed by atoms with Gasteiger partial charge in [-0.15, -0.1) is 0 Å². The Labute approximate surface area is 93.2 Å². The lowest BCUT2D eigenvalue weighted by molar-refractivity contribution is 0.480. The largest absolute Gasteiger partial charge is 0.466 e. The Kier molecular flexibility index (Phi) is 3.78. The molecule has 0 N–H and O–H groups in total. The van der Waals surface area contributed by atoms with Crippen molar-refractivity contribution in [2.45, 2.75) is 47.5 Å². The molecule has 0 spiro atoms. The highest BCUT2D eigenvalue weighted by molar-refractivity contribution is 5.10. The first kappa shape index (κ1) is 12.1. The summed E-state index contributed by atoms with van der Waals surface area (Å²) in [6.45, 7) is 10.9. The third-order valence-corrected chi connectivity index (χ3v) is 2.24. The van der Waals surface area contributed by atoms with Crippen molar-refractivity contribution < 1.29 is 4.42 Å². The fourth-order valence-electron chi connectivity index (χ4n) is 1.75. The van der Waals surface area contributed by atoms with Gasteiger partial charge in [0, 0.05) is 6.42 Å². The van der Waals surface area contributed by atoms with Crippen LogP contribution in [0.1, 0.15) is 45.6 Å². The van der Waals surface area contributed by atoms with Crippen LogP contribution in [-0.2, 0) is 6.42 Å². The van der Waals surface area contributed by atoms with Crippen molar-refractivity contribution in [3.63, 3.8) is 0 Å². The summed E-state index contributed by atoms with van der Waals surface area (Å²) in [6, 6.07) is 4.10. The summed E-state index contributed by atoms with van der Waals surface area (Å²) in [7, 11) is 0. The van der Waals surface area contributed by atoms with Crippen LogP contribution in [0.25, 0.3) is 0 Å². The van der Waals surface area contributed by atoms with Crippen molar-refractivity contribution in [1.82, 2.24) is 0 Å². The molecular formula is C14H22O. The minimum absolute atomic E-state index is 0.281. The molecule has 1 heterocycles. The molecule has 1 aromatic heterocycles. The second kappa shape index (κ2) is 4.69. The molecule has 0 saturated carbocycles. The van der Waals surface area contributed by atoms with Gasteiger partial charge in [-0.2, -0.15) is 0 Å². The normalized spacial score (nSPS) is 13.3. The molecule has 0 aliphatic rings. The minimum atomic E-state index is 0.281. The van der Waals surface area contributed by atoms with Gasteiger partial charge in [0.15, 0.2) is 0 Å². The maximum Gasteiger partial charge on any atom is 0.104 e. The molecule has 0 saturated heterocycles. The highest BCUT2D eigenvalue weighted by Gasteiger charge is 2.06. The second-order valence-electron chi connectivity index (χ2n) is 5.37. The van der Waals surface area contributed by atoms with Gasteiger partial charge in [0.1, 0.15) is 11.5 Å². The van der Waals surface area contributed by atoms with Crippen LogP contribution in [0.5, 0.6) is 0 Å². The summed E-state index contributed by atoms with van der Waals surface area (Å²) in [5.41, 5.74) is 1.72. The third-order valence-electron chi connectivity index (χ3n) is 2.24. The molecule has 1 rings (SSSR count). The Balaban J connectivity index is 2.47. The van der Waals surface area contributed by atoms with E-state index in [0.717, 1.165) is 24.4 Å². The molecule has 0 aromatic carbocycles. The van der Waals surface area contributed by atoms with Crippen molar-refractivity contribution in [3.8, 4) is 0 Å². The first-order valence-electron chi connectivity index (χ1n) is 5.60. The summed E-state index contributed by atoms with van der Waals surface area (Å²) in [5.74, 6) is 2.09. The molecule has 15 heavy (non-hydrogen) atoms. The average molecular weight is 206 g/mol. The molecule has 0 amide bonds. The van der Waals surface area contributed by atoms with E-state index in [0.29, 0.717) is 0 Å². The van der Waals surface area contributed by atoms with E-state index < -0.39 is 0 Å². The average Bonchev–Trinajstić information content (AvgIpc) is 2.45. The molecule has 0 unspecified atom stereocenters.